The van der Waals surface area contributed by atoms with Crippen molar-refractivity contribution in [3.05, 3.63) is 180 Å². The average molecular weight is 815 g/mol. The second-order valence-electron chi connectivity index (χ2n) is 13.8. The first-order chi connectivity index (χ1) is 29.8. The van der Waals surface area contributed by atoms with Gasteiger partial charge in [0.15, 0.2) is 0 Å². The van der Waals surface area contributed by atoms with E-state index in [1.807, 2.05) is 110 Å². The number of hydrogen-bond donors (Lipinski definition) is 4. The number of para-hydroxylation sites is 2. The molecule has 7 rings (SSSR count). The molecule has 12 heteroatoms. The molecule has 314 valence electrons. The quantitative estimate of drug-likeness (QED) is 0.0363. The molecule has 0 amide bonds. The topological polar surface area (TPSA) is 137 Å². The molecule has 0 spiro atoms. The number of rotatable bonds is 28. The van der Waals surface area contributed by atoms with Gasteiger partial charge in [0, 0.05) is 58.7 Å². The average Bonchev–Trinajstić information content (AvgIpc) is 4.15. The van der Waals surface area contributed by atoms with Gasteiger partial charge in [0.25, 0.3) is 0 Å². The summed E-state index contributed by atoms with van der Waals surface area (Å²) < 4.78 is 46.8. The maximum atomic E-state index is 6.16. The fourth-order valence-corrected chi connectivity index (χ4v) is 6.94. The maximum absolute atomic E-state index is 6.16. The van der Waals surface area contributed by atoms with Crippen molar-refractivity contribution in [2.45, 2.75) is 11.8 Å². The van der Waals surface area contributed by atoms with Crippen LogP contribution < -0.4 is 18.9 Å². The summed E-state index contributed by atoms with van der Waals surface area (Å²) in [6.45, 7) is 5.43. The molecule has 0 radical (unpaired) electrons. The Kier molecular flexibility index (Phi) is 16.4. The highest BCUT2D eigenvalue weighted by atomic mass is 16.6. The molecule has 3 aromatic carbocycles. The van der Waals surface area contributed by atoms with Crippen LogP contribution >= 0.6 is 0 Å². The third-order valence-electron chi connectivity index (χ3n) is 9.72. The second kappa shape index (κ2) is 23.4. The molecule has 12 nitrogen and oxygen atoms in total. The fourth-order valence-electron chi connectivity index (χ4n) is 6.94. The van der Waals surface area contributed by atoms with Gasteiger partial charge in [-0.1, -0.05) is 36.4 Å². The summed E-state index contributed by atoms with van der Waals surface area (Å²) in [5, 5.41) is 0. The molecule has 0 atom stereocenters. The van der Waals surface area contributed by atoms with Crippen LogP contribution in [0.2, 0.25) is 0 Å². The Morgan fingerprint density at radius 1 is 0.300 bits per heavy atom. The molecular weight excluding hydrogens is 761 g/mol. The maximum Gasteiger partial charge on any atom is 0.123 e. The normalized spacial score (nSPS) is 11.4. The Bertz CT molecular complexity index is 1930. The van der Waals surface area contributed by atoms with E-state index in [-0.39, 0.29) is 11.8 Å². The van der Waals surface area contributed by atoms with Crippen molar-refractivity contribution in [3.63, 3.8) is 0 Å². The highest BCUT2D eigenvalue weighted by Gasteiger charge is 2.23. The van der Waals surface area contributed by atoms with Crippen molar-refractivity contribution in [1.29, 1.82) is 0 Å². The van der Waals surface area contributed by atoms with Crippen LogP contribution in [0.5, 0.6) is 23.0 Å². The lowest BCUT2D eigenvalue weighted by Gasteiger charge is -2.19. The minimum atomic E-state index is 0.0106. The summed E-state index contributed by atoms with van der Waals surface area (Å²) in [4.78, 5) is 13.4. The number of ether oxygens (including phenoxy) is 8. The van der Waals surface area contributed by atoms with Crippen molar-refractivity contribution < 1.29 is 37.9 Å². The van der Waals surface area contributed by atoms with Gasteiger partial charge >= 0.3 is 0 Å². The number of hydrogen-bond acceptors (Lipinski definition) is 8. The standard InChI is InChI=1S/C48H54N4O8/c1-3-15-45(39(9-1)47(41-11-5-21-49-41)42-12-6-22-50-42)59-35-31-55-27-25-53-29-33-57-37-17-19-38(20-18-37)58-34-30-54-26-28-56-32-36-60-46-16-4-2-10-40(46)48(43-13-7-23-51-43)44-14-8-24-52-44/h1-24,47-52H,25-36H2. The molecule has 0 bridgehead atoms. The van der Waals surface area contributed by atoms with Gasteiger partial charge < -0.3 is 57.8 Å². The van der Waals surface area contributed by atoms with Crippen molar-refractivity contribution in [2.75, 3.05) is 79.3 Å². The van der Waals surface area contributed by atoms with Crippen molar-refractivity contribution in [2.24, 2.45) is 0 Å². The monoisotopic (exact) mass is 814 g/mol. The summed E-state index contributed by atoms with van der Waals surface area (Å²) in [7, 11) is 0. The van der Waals surface area contributed by atoms with E-state index in [0.29, 0.717) is 79.3 Å². The largest absolute Gasteiger partial charge is 0.491 e. The molecule has 4 heterocycles. The lowest BCUT2D eigenvalue weighted by molar-refractivity contribution is 0.0269. The smallest absolute Gasteiger partial charge is 0.123 e. The molecule has 0 saturated heterocycles. The van der Waals surface area contributed by atoms with Crippen LogP contribution in [0.15, 0.2) is 146 Å². The molecule has 7 aromatic rings. The van der Waals surface area contributed by atoms with Gasteiger partial charge in [0.1, 0.15) is 49.4 Å². The van der Waals surface area contributed by atoms with E-state index >= 15 is 0 Å². The number of nitrogens with one attached hydrogen (secondary N) is 4. The molecule has 0 saturated carbocycles. The van der Waals surface area contributed by atoms with Crippen LogP contribution in [0.25, 0.3) is 0 Å². The zero-order valence-electron chi connectivity index (χ0n) is 33.8. The Balaban J connectivity index is 0.686. The summed E-state index contributed by atoms with van der Waals surface area (Å²) in [5.41, 5.74) is 6.54. The molecule has 0 unspecified atom stereocenters. The van der Waals surface area contributed by atoms with Gasteiger partial charge in [-0.05, 0) is 84.9 Å². The van der Waals surface area contributed by atoms with E-state index in [2.05, 4.69) is 56.3 Å². The first-order valence-corrected chi connectivity index (χ1v) is 20.5. The lowest BCUT2D eigenvalue weighted by atomic mass is 9.92. The van der Waals surface area contributed by atoms with Crippen molar-refractivity contribution in [3.8, 4) is 23.0 Å². The van der Waals surface area contributed by atoms with Crippen molar-refractivity contribution >= 4 is 0 Å². The molecule has 4 N–H and O–H groups in total. The van der Waals surface area contributed by atoms with E-state index in [0.717, 1.165) is 56.9 Å². The Hall–Kier alpha value is -6.18. The van der Waals surface area contributed by atoms with Crippen LogP contribution in [0.1, 0.15) is 45.7 Å². The third kappa shape index (κ3) is 12.4. The van der Waals surface area contributed by atoms with Crippen LogP contribution in [0.4, 0.5) is 0 Å². The van der Waals surface area contributed by atoms with E-state index in [1.165, 1.54) is 0 Å². The molecular formula is C48H54N4O8. The minimum Gasteiger partial charge on any atom is -0.491 e. The predicted octanol–water partition coefficient (Wildman–Crippen LogP) is 8.34. The molecule has 4 aromatic heterocycles. The van der Waals surface area contributed by atoms with Gasteiger partial charge in [-0.2, -0.15) is 0 Å². The van der Waals surface area contributed by atoms with Crippen LogP contribution in [-0.4, -0.2) is 99.2 Å². The fraction of sp³-hybridized carbons (Fsp3) is 0.292. The van der Waals surface area contributed by atoms with E-state index in [9.17, 15) is 0 Å². The highest BCUT2D eigenvalue weighted by Crippen LogP contribution is 2.37. The highest BCUT2D eigenvalue weighted by molar-refractivity contribution is 5.47. The van der Waals surface area contributed by atoms with Crippen LogP contribution in [-0.2, 0) is 18.9 Å². The zero-order valence-corrected chi connectivity index (χ0v) is 33.8. The summed E-state index contributed by atoms with van der Waals surface area (Å²) in [6, 6.07) is 40.2. The zero-order chi connectivity index (χ0) is 40.9. The molecule has 60 heavy (non-hydrogen) atoms. The summed E-state index contributed by atoms with van der Waals surface area (Å²) in [5.74, 6) is 3.18. The van der Waals surface area contributed by atoms with E-state index < -0.39 is 0 Å². The molecule has 0 aliphatic rings. The van der Waals surface area contributed by atoms with Gasteiger partial charge in [-0.15, -0.1) is 0 Å². The lowest BCUT2D eigenvalue weighted by Crippen LogP contribution is -2.14. The first kappa shape index (κ1) is 42.0. The predicted molar refractivity (Wildman–Crippen MR) is 230 cm³/mol. The van der Waals surface area contributed by atoms with Gasteiger partial charge in [0.2, 0.25) is 0 Å². The van der Waals surface area contributed by atoms with Gasteiger partial charge in [-0.3, -0.25) is 0 Å². The SMILES string of the molecule is c1c[nH]c(C(c2ccc[nH]2)c2ccccc2OCCOCCOCCOc2ccc(OCCOCCOCCOc3ccccc3C(c3ccc[nH]3)c3ccc[nH]3)cc2)c1. The summed E-state index contributed by atoms with van der Waals surface area (Å²) in [6.07, 6.45) is 7.76. The number of aromatic amines is 4. The Morgan fingerprint density at radius 2 is 0.600 bits per heavy atom. The second-order valence-corrected chi connectivity index (χ2v) is 13.8. The first-order valence-electron chi connectivity index (χ1n) is 20.5. The molecule has 0 aliphatic carbocycles. The van der Waals surface area contributed by atoms with E-state index in [1.54, 1.807) is 0 Å². The number of aromatic nitrogens is 4. The minimum absolute atomic E-state index is 0.0106. The Labute approximate surface area is 351 Å². The van der Waals surface area contributed by atoms with E-state index in [4.69, 9.17) is 37.9 Å². The third-order valence-corrected chi connectivity index (χ3v) is 9.72. The van der Waals surface area contributed by atoms with Crippen LogP contribution in [0.3, 0.4) is 0 Å². The van der Waals surface area contributed by atoms with Gasteiger partial charge in [0.05, 0.1) is 64.7 Å². The summed E-state index contributed by atoms with van der Waals surface area (Å²) >= 11 is 0. The Morgan fingerprint density at radius 3 is 0.917 bits per heavy atom. The molecule has 0 fully saturated rings. The van der Waals surface area contributed by atoms with Crippen molar-refractivity contribution in [1.82, 2.24) is 19.9 Å². The number of H-pyrrole nitrogens is 4. The molecule has 0 aliphatic heterocycles. The number of benzene rings is 3. The van der Waals surface area contributed by atoms with Gasteiger partial charge in [-0.25, -0.2) is 0 Å². The van der Waals surface area contributed by atoms with Crippen LogP contribution in [0, 0.1) is 0 Å².